The number of amides is 2. The van der Waals surface area contributed by atoms with Crippen LogP contribution in [0.5, 0.6) is 0 Å². The molecule has 0 spiro atoms. The molecule has 1 heterocycles. The molecule has 0 bridgehead atoms. The van der Waals surface area contributed by atoms with Gasteiger partial charge in [-0.2, -0.15) is 0 Å². The van der Waals surface area contributed by atoms with Gasteiger partial charge in [-0.25, -0.2) is 0 Å². The van der Waals surface area contributed by atoms with Gasteiger partial charge < -0.3 is 10.2 Å². The summed E-state index contributed by atoms with van der Waals surface area (Å²) < 4.78 is 0. The van der Waals surface area contributed by atoms with E-state index in [1.165, 1.54) is 5.57 Å². The molecule has 21 heavy (non-hydrogen) atoms. The Balaban J connectivity index is 1.86. The van der Waals surface area contributed by atoms with E-state index in [2.05, 4.69) is 39.1 Å². The van der Waals surface area contributed by atoms with Gasteiger partial charge in [0.05, 0.1) is 5.92 Å². The van der Waals surface area contributed by atoms with Crippen molar-refractivity contribution < 1.29 is 9.59 Å². The van der Waals surface area contributed by atoms with E-state index in [1.807, 2.05) is 4.90 Å². The molecule has 0 aromatic carbocycles. The summed E-state index contributed by atoms with van der Waals surface area (Å²) in [7, 11) is 0. The Labute approximate surface area is 128 Å². The van der Waals surface area contributed by atoms with Crippen LogP contribution < -0.4 is 5.32 Å². The summed E-state index contributed by atoms with van der Waals surface area (Å²) in [5.41, 5.74) is 1.35. The number of rotatable bonds is 3. The molecule has 118 valence electrons. The zero-order valence-corrected chi connectivity index (χ0v) is 13.9. The molecule has 0 radical (unpaired) electrons. The first-order chi connectivity index (χ1) is 9.73. The fourth-order valence-corrected chi connectivity index (χ4v) is 3.48. The molecule has 2 aliphatic rings. The van der Waals surface area contributed by atoms with Crippen LogP contribution in [-0.4, -0.2) is 35.8 Å². The highest BCUT2D eigenvalue weighted by molar-refractivity contribution is 5.84. The van der Waals surface area contributed by atoms with Crippen molar-refractivity contribution in [2.45, 2.75) is 53.5 Å². The SMILES string of the molecule is CC(=O)N1CCC(NC(=O)C2C(C=C(C)C)C2(C)C)CC1. The molecule has 2 atom stereocenters. The minimum absolute atomic E-state index is 0.0709. The highest BCUT2D eigenvalue weighted by atomic mass is 16.2. The van der Waals surface area contributed by atoms with Crippen LogP contribution in [0.25, 0.3) is 0 Å². The summed E-state index contributed by atoms with van der Waals surface area (Å²) in [6.07, 6.45) is 3.96. The van der Waals surface area contributed by atoms with E-state index in [9.17, 15) is 9.59 Å². The number of allylic oxidation sites excluding steroid dienone is 2. The van der Waals surface area contributed by atoms with Crippen LogP contribution in [0.2, 0.25) is 0 Å². The third kappa shape index (κ3) is 3.47. The number of carbonyl (C=O) groups excluding carboxylic acids is 2. The van der Waals surface area contributed by atoms with Crippen molar-refractivity contribution in [2.75, 3.05) is 13.1 Å². The van der Waals surface area contributed by atoms with Gasteiger partial charge in [-0.1, -0.05) is 25.5 Å². The summed E-state index contributed by atoms with van der Waals surface area (Å²) >= 11 is 0. The second-order valence-electron chi connectivity index (χ2n) is 7.36. The third-order valence-corrected chi connectivity index (χ3v) is 4.99. The lowest BCUT2D eigenvalue weighted by atomic mass is 10.0. The predicted molar refractivity (Wildman–Crippen MR) is 83.6 cm³/mol. The highest BCUT2D eigenvalue weighted by Gasteiger charge is 2.60. The summed E-state index contributed by atoms with van der Waals surface area (Å²) in [5.74, 6) is 0.772. The quantitative estimate of drug-likeness (QED) is 0.812. The molecular formula is C17H28N2O2. The maximum absolute atomic E-state index is 12.5. The standard InChI is InChI=1S/C17H28N2O2/c1-11(2)10-14-15(17(14,4)5)16(21)18-13-6-8-19(9-7-13)12(3)20/h10,13-15H,6-9H2,1-5H3,(H,18,21). The second kappa shape index (κ2) is 5.82. The van der Waals surface area contributed by atoms with Gasteiger partial charge in [0.15, 0.2) is 0 Å². The van der Waals surface area contributed by atoms with Crippen LogP contribution in [0.4, 0.5) is 0 Å². The number of hydrogen-bond acceptors (Lipinski definition) is 2. The van der Waals surface area contributed by atoms with Crippen LogP contribution in [0, 0.1) is 17.3 Å². The maximum atomic E-state index is 12.5. The Hall–Kier alpha value is -1.32. The fraction of sp³-hybridized carbons (Fsp3) is 0.765. The van der Waals surface area contributed by atoms with Crippen LogP contribution in [0.3, 0.4) is 0 Å². The summed E-state index contributed by atoms with van der Waals surface area (Å²) in [6.45, 7) is 11.6. The smallest absolute Gasteiger partial charge is 0.224 e. The molecule has 4 heteroatoms. The molecule has 0 aromatic heterocycles. The predicted octanol–water partition coefficient (Wildman–Crippen LogP) is 2.35. The molecule has 2 unspecified atom stereocenters. The first-order valence-electron chi connectivity index (χ1n) is 7.94. The van der Waals surface area contributed by atoms with Crippen molar-refractivity contribution in [1.29, 1.82) is 0 Å². The Kier molecular flexibility index (Phi) is 4.45. The van der Waals surface area contributed by atoms with Crippen LogP contribution in [-0.2, 0) is 9.59 Å². The van der Waals surface area contributed by atoms with Crippen LogP contribution in [0.1, 0.15) is 47.5 Å². The van der Waals surface area contributed by atoms with Gasteiger partial charge in [0.25, 0.3) is 0 Å². The Morgan fingerprint density at radius 1 is 1.14 bits per heavy atom. The molecule has 2 amide bonds. The normalized spacial score (nSPS) is 28.0. The van der Waals surface area contributed by atoms with Crippen molar-refractivity contribution >= 4 is 11.8 Å². The van der Waals surface area contributed by atoms with E-state index in [1.54, 1.807) is 6.92 Å². The lowest BCUT2D eigenvalue weighted by molar-refractivity contribution is -0.130. The average Bonchev–Trinajstić information content (AvgIpc) is 2.90. The van der Waals surface area contributed by atoms with Gasteiger partial charge in [0.2, 0.25) is 11.8 Å². The molecule has 4 nitrogen and oxygen atoms in total. The largest absolute Gasteiger partial charge is 0.353 e. The first-order valence-corrected chi connectivity index (χ1v) is 7.94. The van der Waals surface area contributed by atoms with E-state index in [4.69, 9.17) is 0 Å². The Morgan fingerprint density at radius 2 is 1.71 bits per heavy atom. The molecule has 2 rings (SSSR count). The van der Waals surface area contributed by atoms with Gasteiger partial charge in [-0.15, -0.1) is 0 Å². The number of nitrogens with zero attached hydrogens (tertiary/aromatic N) is 1. The van der Waals surface area contributed by atoms with E-state index < -0.39 is 0 Å². The second-order valence-corrected chi connectivity index (χ2v) is 7.36. The van der Waals surface area contributed by atoms with Crippen LogP contribution >= 0.6 is 0 Å². The topological polar surface area (TPSA) is 49.4 Å². The molecular weight excluding hydrogens is 264 g/mol. The molecule has 1 saturated heterocycles. The zero-order valence-electron chi connectivity index (χ0n) is 13.9. The number of carbonyl (C=O) groups is 2. The Morgan fingerprint density at radius 3 is 2.19 bits per heavy atom. The molecule has 1 aliphatic heterocycles. The van der Waals surface area contributed by atoms with Crippen molar-refractivity contribution in [1.82, 2.24) is 10.2 Å². The number of likely N-dealkylation sites (tertiary alicyclic amines) is 1. The van der Waals surface area contributed by atoms with Crippen molar-refractivity contribution in [2.24, 2.45) is 17.3 Å². The zero-order chi connectivity index (χ0) is 15.8. The highest BCUT2D eigenvalue weighted by Crippen LogP contribution is 2.59. The number of hydrogen-bond donors (Lipinski definition) is 1. The van der Waals surface area contributed by atoms with E-state index >= 15 is 0 Å². The van der Waals surface area contributed by atoms with E-state index in [-0.39, 0.29) is 29.2 Å². The van der Waals surface area contributed by atoms with E-state index in [0.717, 1.165) is 25.9 Å². The third-order valence-electron chi connectivity index (χ3n) is 4.99. The first kappa shape index (κ1) is 16.1. The van der Waals surface area contributed by atoms with Crippen molar-refractivity contribution in [3.63, 3.8) is 0 Å². The molecule has 1 N–H and O–H groups in total. The summed E-state index contributed by atoms with van der Waals surface area (Å²) in [5, 5.41) is 3.19. The van der Waals surface area contributed by atoms with Crippen molar-refractivity contribution in [3.05, 3.63) is 11.6 Å². The summed E-state index contributed by atoms with van der Waals surface area (Å²) in [4.78, 5) is 25.6. The van der Waals surface area contributed by atoms with Gasteiger partial charge in [0.1, 0.15) is 0 Å². The van der Waals surface area contributed by atoms with Gasteiger partial charge >= 0.3 is 0 Å². The maximum Gasteiger partial charge on any atom is 0.224 e. The van der Waals surface area contributed by atoms with E-state index in [0.29, 0.717) is 5.92 Å². The minimum Gasteiger partial charge on any atom is -0.353 e. The van der Waals surface area contributed by atoms with Gasteiger partial charge in [-0.3, -0.25) is 9.59 Å². The number of piperidine rings is 1. The molecule has 0 aromatic rings. The lowest BCUT2D eigenvalue weighted by Gasteiger charge is -2.31. The lowest BCUT2D eigenvalue weighted by Crippen LogP contribution is -2.46. The Bertz CT molecular complexity index is 455. The molecule has 1 saturated carbocycles. The fourth-order valence-electron chi connectivity index (χ4n) is 3.48. The average molecular weight is 292 g/mol. The molecule has 1 aliphatic carbocycles. The van der Waals surface area contributed by atoms with Crippen molar-refractivity contribution in [3.8, 4) is 0 Å². The molecule has 2 fully saturated rings. The monoisotopic (exact) mass is 292 g/mol. The number of nitrogens with one attached hydrogen (secondary N) is 1. The minimum atomic E-state index is 0.0709. The summed E-state index contributed by atoms with van der Waals surface area (Å²) in [6, 6.07) is 0.219. The van der Waals surface area contributed by atoms with Gasteiger partial charge in [-0.05, 0) is 38.0 Å². The van der Waals surface area contributed by atoms with Crippen LogP contribution in [0.15, 0.2) is 11.6 Å². The van der Waals surface area contributed by atoms with Gasteiger partial charge in [0, 0.05) is 26.1 Å².